The molecule has 2 aromatic carbocycles. The van der Waals surface area contributed by atoms with Gasteiger partial charge in [-0.25, -0.2) is 0 Å². The number of hydrogen-bond acceptors (Lipinski definition) is 4. The van der Waals surface area contributed by atoms with Crippen molar-refractivity contribution in [2.45, 2.75) is 45.8 Å². The van der Waals surface area contributed by atoms with Crippen molar-refractivity contribution in [1.82, 2.24) is 5.32 Å². The summed E-state index contributed by atoms with van der Waals surface area (Å²) in [7, 11) is 0. The monoisotopic (exact) mass is 356 g/mol. The van der Waals surface area contributed by atoms with E-state index >= 15 is 0 Å². The number of carbonyl (C=O) groups is 1. The summed E-state index contributed by atoms with van der Waals surface area (Å²) in [5, 5.41) is 14.0. The highest BCUT2D eigenvalue weighted by atomic mass is 16.6. The van der Waals surface area contributed by atoms with Crippen molar-refractivity contribution in [3.05, 3.63) is 69.8 Å². The van der Waals surface area contributed by atoms with Gasteiger partial charge in [0.2, 0.25) is 0 Å². The largest absolute Gasteiger partial charge is 0.471 e. The summed E-state index contributed by atoms with van der Waals surface area (Å²) in [5.41, 5.74) is 0.782. The van der Waals surface area contributed by atoms with Crippen LogP contribution in [0.3, 0.4) is 0 Å². The molecule has 0 fully saturated rings. The van der Waals surface area contributed by atoms with Gasteiger partial charge in [0.05, 0.1) is 11.0 Å². The zero-order chi connectivity index (χ0) is 19.3. The Morgan fingerprint density at radius 1 is 1.19 bits per heavy atom. The minimum Gasteiger partial charge on any atom is -0.471 e. The van der Waals surface area contributed by atoms with E-state index in [9.17, 15) is 14.9 Å². The van der Waals surface area contributed by atoms with Crippen LogP contribution in [0.2, 0.25) is 0 Å². The summed E-state index contributed by atoms with van der Waals surface area (Å²) < 4.78 is 5.68. The van der Waals surface area contributed by atoms with Crippen molar-refractivity contribution in [3.63, 3.8) is 0 Å². The van der Waals surface area contributed by atoms with Gasteiger partial charge in [-0.2, -0.15) is 0 Å². The van der Waals surface area contributed by atoms with Crippen molar-refractivity contribution in [2.24, 2.45) is 0 Å². The first-order valence-electron chi connectivity index (χ1n) is 8.57. The van der Waals surface area contributed by atoms with E-state index in [0.717, 1.165) is 12.0 Å². The average molecular weight is 356 g/mol. The molecule has 0 aliphatic heterocycles. The summed E-state index contributed by atoms with van der Waals surface area (Å²) in [5.74, 6) is -0.277. The molecule has 0 saturated carbocycles. The van der Waals surface area contributed by atoms with Crippen LogP contribution in [0, 0.1) is 10.1 Å². The highest BCUT2D eigenvalue weighted by molar-refractivity contribution is 5.85. The third kappa shape index (κ3) is 4.59. The molecule has 6 nitrogen and oxygen atoms in total. The molecule has 1 N–H and O–H groups in total. The second kappa shape index (κ2) is 7.99. The van der Waals surface area contributed by atoms with E-state index in [1.54, 1.807) is 26.0 Å². The van der Waals surface area contributed by atoms with Crippen molar-refractivity contribution >= 4 is 11.6 Å². The van der Waals surface area contributed by atoms with Gasteiger partial charge in [0.1, 0.15) is 0 Å². The highest BCUT2D eigenvalue weighted by Crippen LogP contribution is 2.29. The van der Waals surface area contributed by atoms with Crippen LogP contribution in [-0.4, -0.2) is 16.4 Å². The number of para-hydroxylation sites is 2. The fraction of sp³-hybridized carbons (Fsp3) is 0.350. The van der Waals surface area contributed by atoms with Crippen molar-refractivity contribution in [2.75, 3.05) is 0 Å². The lowest BCUT2D eigenvalue weighted by molar-refractivity contribution is -0.386. The molecule has 1 amide bonds. The molecule has 0 aromatic heterocycles. The maximum atomic E-state index is 12.7. The lowest BCUT2D eigenvalue weighted by atomic mass is 10.0. The zero-order valence-corrected chi connectivity index (χ0v) is 15.5. The standard InChI is InChI=1S/C20H24N2O4/c1-5-15-10-12-16(13-11-15)14(2)21-19(23)20(3,4)26-18-9-7-6-8-17(18)22(24)25/h6-14H,5H2,1-4H3,(H,21,23). The fourth-order valence-electron chi connectivity index (χ4n) is 2.51. The van der Waals surface area contributed by atoms with Crippen LogP contribution in [0.25, 0.3) is 0 Å². The molecule has 26 heavy (non-hydrogen) atoms. The van der Waals surface area contributed by atoms with Crippen molar-refractivity contribution in [3.8, 4) is 5.75 Å². The topological polar surface area (TPSA) is 81.5 Å². The van der Waals surface area contributed by atoms with E-state index in [4.69, 9.17) is 4.74 Å². The number of rotatable bonds is 7. The molecule has 0 saturated heterocycles. The number of amides is 1. The predicted molar refractivity (Wildman–Crippen MR) is 100 cm³/mol. The Bertz CT molecular complexity index is 785. The fourth-order valence-corrected chi connectivity index (χ4v) is 2.51. The average Bonchev–Trinajstić information content (AvgIpc) is 2.61. The first kappa shape index (κ1) is 19.4. The number of nitrogens with zero attached hydrogens (tertiary/aromatic N) is 1. The van der Waals surface area contributed by atoms with Crippen LogP contribution >= 0.6 is 0 Å². The number of ether oxygens (including phenoxy) is 1. The molecular formula is C20H24N2O4. The van der Waals surface area contributed by atoms with E-state index in [-0.39, 0.29) is 23.4 Å². The normalized spacial score (nSPS) is 12.3. The minimum absolute atomic E-state index is 0.0672. The first-order valence-corrected chi connectivity index (χ1v) is 8.57. The molecular weight excluding hydrogens is 332 g/mol. The number of hydrogen-bond donors (Lipinski definition) is 1. The Kier molecular flexibility index (Phi) is 5.97. The summed E-state index contributed by atoms with van der Waals surface area (Å²) in [6, 6.07) is 13.9. The van der Waals surface area contributed by atoms with Crippen LogP contribution in [-0.2, 0) is 11.2 Å². The number of carbonyl (C=O) groups excluding carboxylic acids is 1. The Balaban J connectivity index is 2.10. The third-order valence-corrected chi connectivity index (χ3v) is 4.21. The molecule has 0 spiro atoms. The Morgan fingerprint density at radius 3 is 2.38 bits per heavy atom. The van der Waals surface area contributed by atoms with Crippen molar-refractivity contribution in [1.29, 1.82) is 0 Å². The highest BCUT2D eigenvalue weighted by Gasteiger charge is 2.33. The molecule has 2 aromatic rings. The van der Waals surface area contributed by atoms with Gasteiger partial charge in [0.25, 0.3) is 5.91 Å². The van der Waals surface area contributed by atoms with Gasteiger partial charge in [0.15, 0.2) is 11.4 Å². The van der Waals surface area contributed by atoms with Crippen LogP contribution in [0.5, 0.6) is 5.75 Å². The van der Waals surface area contributed by atoms with E-state index in [0.29, 0.717) is 0 Å². The molecule has 1 atom stereocenters. The molecule has 0 bridgehead atoms. The SMILES string of the molecule is CCc1ccc(C(C)NC(=O)C(C)(C)Oc2ccccc2[N+](=O)[O-])cc1. The van der Waals surface area contributed by atoms with E-state index in [1.165, 1.54) is 17.7 Å². The number of nitrogens with one attached hydrogen (secondary N) is 1. The lowest BCUT2D eigenvalue weighted by Crippen LogP contribution is -2.47. The lowest BCUT2D eigenvalue weighted by Gasteiger charge is -2.27. The molecule has 0 radical (unpaired) electrons. The van der Waals surface area contributed by atoms with Gasteiger partial charge in [-0.1, -0.05) is 43.3 Å². The van der Waals surface area contributed by atoms with Crippen LogP contribution in [0.4, 0.5) is 5.69 Å². The van der Waals surface area contributed by atoms with Gasteiger partial charge in [-0.3, -0.25) is 14.9 Å². The Hall–Kier alpha value is -2.89. The zero-order valence-electron chi connectivity index (χ0n) is 15.5. The smallest absolute Gasteiger partial charge is 0.310 e. The first-order chi connectivity index (χ1) is 12.2. The van der Waals surface area contributed by atoms with Gasteiger partial charge in [-0.15, -0.1) is 0 Å². The summed E-state index contributed by atoms with van der Waals surface area (Å²) >= 11 is 0. The summed E-state index contributed by atoms with van der Waals surface area (Å²) in [4.78, 5) is 23.2. The number of nitro benzene ring substituents is 1. The quantitative estimate of drug-likeness (QED) is 0.596. The molecule has 0 aliphatic rings. The summed E-state index contributed by atoms with van der Waals surface area (Å²) in [6.07, 6.45) is 0.956. The van der Waals surface area contributed by atoms with Crippen LogP contribution in [0.15, 0.2) is 48.5 Å². The number of nitro groups is 1. The third-order valence-electron chi connectivity index (χ3n) is 4.21. The molecule has 2 rings (SSSR count). The van der Waals surface area contributed by atoms with Gasteiger partial charge in [0, 0.05) is 6.07 Å². The molecule has 6 heteroatoms. The summed E-state index contributed by atoms with van der Waals surface area (Å²) in [6.45, 7) is 7.15. The Morgan fingerprint density at radius 2 is 1.81 bits per heavy atom. The van der Waals surface area contributed by atoms with E-state index in [1.807, 2.05) is 31.2 Å². The molecule has 0 aliphatic carbocycles. The number of aryl methyl sites for hydroxylation is 1. The molecule has 138 valence electrons. The minimum atomic E-state index is -1.26. The number of benzene rings is 2. The Labute approximate surface area is 153 Å². The van der Waals surface area contributed by atoms with Gasteiger partial charge >= 0.3 is 5.69 Å². The second-order valence-corrected chi connectivity index (χ2v) is 6.63. The van der Waals surface area contributed by atoms with Gasteiger partial charge in [-0.05, 0) is 44.4 Å². The maximum absolute atomic E-state index is 12.7. The molecule has 1 unspecified atom stereocenters. The predicted octanol–water partition coefficient (Wildman–Crippen LogP) is 4.19. The van der Waals surface area contributed by atoms with Crippen molar-refractivity contribution < 1.29 is 14.5 Å². The van der Waals surface area contributed by atoms with E-state index < -0.39 is 10.5 Å². The van der Waals surface area contributed by atoms with Gasteiger partial charge < -0.3 is 10.1 Å². The van der Waals surface area contributed by atoms with Crippen LogP contribution < -0.4 is 10.1 Å². The second-order valence-electron chi connectivity index (χ2n) is 6.63. The van der Waals surface area contributed by atoms with Crippen LogP contribution in [0.1, 0.15) is 44.9 Å². The molecule has 0 heterocycles. The maximum Gasteiger partial charge on any atom is 0.310 e. The van der Waals surface area contributed by atoms with E-state index in [2.05, 4.69) is 12.2 Å².